The summed E-state index contributed by atoms with van der Waals surface area (Å²) >= 11 is 4.67. The van der Waals surface area contributed by atoms with Crippen LogP contribution in [0, 0.1) is 0 Å². The summed E-state index contributed by atoms with van der Waals surface area (Å²) in [7, 11) is -3.96. The van der Waals surface area contributed by atoms with Crippen LogP contribution in [0.25, 0.3) is 0 Å². The quantitative estimate of drug-likeness (QED) is 0.462. The van der Waals surface area contributed by atoms with Crippen molar-refractivity contribution in [2.75, 3.05) is 5.49 Å². The molecule has 6 heteroatoms. The third-order valence-electron chi connectivity index (χ3n) is 2.87. The molecular formula is C9H23O3PS2. The topological polar surface area (TPSA) is 54.4 Å². The molecule has 0 bridgehead atoms. The number of hydrogen-bond acceptors (Lipinski definition) is 3. The Morgan fingerprint density at radius 3 is 1.40 bits per heavy atom. The zero-order valence-electron chi connectivity index (χ0n) is 10.3. The second kappa shape index (κ2) is 4.17. The first-order chi connectivity index (χ1) is 6.21. The Hall–Kier alpha value is 0.690. The van der Waals surface area contributed by atoms with Gasteiger partial charge in [0.15, 0.2) is 0 Å². The molecule has 0 aromatic heterocycles. The van der Waals surface area contributed by atoms with E-state index in [1.807, 2.05) is 41.5 Å². The van der Waals surface area contributed by atoms with Gasteiger partial charge in [-0.3, -0.25) is 0 Å². The molecule has 0 spiro atoms. The van der Waals surface area contributed by atoms with Gasteiger partial charge in [-0.2, -0.15) is 0 Å². The Morgan fingerprint density at radius 1 is 1.07 bits per heavy atom. The summed E-state index contributed by atoms with van der Waals surface area (Å²) in [5, 5.41) is -0.381. The van der Waals surface area contributed by atoms with Gasteiger partial charge in [0.25, 0.3) is 0 Å². The van der Waals surface area contributed by atoms with Crippen molar-refractivity contribution in [3.63, 3.8) is 0 Å². The van der Waals surface area contributed by atoms with Crippen molar-refractivity contribution >= 4 is 28.8 Å². The molecule has 0 saturated carbocycles. The molecule has 0 fully saturated rings. The van der Waals surface area contributed by atoms with Crippen LogP contribution in [0.1, 0.15) is 41.5 Å². The molecule has 94 valence electrons. The predicted octanol–water partition coefficient (Wildman–Crippen LogP) is 3.02. The number of hydrogen-bond donors (Lipinski definition) is 2. The van der Waals surface area contributed by atoms with Crippen LogP contribution in [0.15, 0.2) is 0 Å². The van der Waals surface area contributed by atoms with Crippen LogP contribution >= 0.6 is 18.7 Å². The van der Waals surface area contributed by atoms with Crippen LogP contribution in [0.4, 0.5) is 0 Å². The Labute approximate surface area is 99.3 Å². The minimum atomic E-state index is -3.96. The Bertz CT molecular complexity index is 308. The van der Waals surface area contributed by atoms with E-state index in [2.05, 4.69) is 12.2 Å². The second-order valence-electron chi connectivity index (χ2n) is 6.09. The molecule has 0 aliphatic heterocycles. The van der Waals surface area contributed by atoms with E-state index in [9.17, 15) is 8.42 Å². The molecule has 0 aromatic rings. The maximum atomic E-state index is 11.1. The number of rotatable bonds is 2. The molecule has 0 unspecified atom stereocenters. The zero-order chi connectivity index (χ0) is 12.7. The van der Waals surface area contributed by atoms with E-state index in [0.717, 1.165) is 0 Å². The summed E-state index contributed by atoms with van der Waals surface area (Å²) in [6.07, 6.45) is 0. The summed E-state index contributed by atoms with van der Waals surface area (Å²) in [6, 6.07) is 0. The van der Waals surface area contributed by atoms with E-state index < -0.39 is 16.6 Å². The minimum absolute atomic E-state index is 0.190. The molecule has 15 heavy (non-hydrogen) atoms. The third-order valence-corrected chi connectivity index (χ3v) is 16.2. The SMILES string of the molecule is CC(C)(C)[PH](S)(CS(=O)(=O)O)C(C)(C)C. The molecular weight excluding hydrogens is 251 g/mol. The normalized spacial score (nSPS) is 16.5. The van der Waals surface area contributed by atoms with Crippen molar-refractivity contribution < 1.29 is 13.0 Å². The predicted molar refractivity (Wildman–Crippen MR) is 73.2 cm³/mol. The van der Waals surface area contributed by atoms with Gasteiger partial charge in [-0.1, -0.05) is 0 Å². The summed E-state index contributed by atoms with van der Waals surface area (Å²) in [5.41, 5.74) is -0.198. The average molecular weight is 274 g/mol. The van der Waals surface area contributed by atoms with E-state index >= 15 is 0 Å². The first kappa shape index (κ1) is 15.7. The summed E-state index contributed by atoms with van der Waals surface area (Å²) in [6.45, 7) is 9.50. The number of thiol groups is 1. The molecule has 0 aromatic carbocycles. The fourth-order valence-electron chi connectivity index (χ4n) is 1.82. The van der Waals surface area contributed by atoms with Crippen molar-refractivity contribution in [1.82, 2.24) is 0 Å². The van der Waals surface area contributed by atoms with Gasteiger partial charge < -0.3 is 0 Å². The molecule has 0 rings (SSSR count). The average Bonchev–Trinajstić information content (AvgIpc) is 1.77. The van der Waals surface area contributed by atoms with E-state index in [4.69, 9.17) is 4.55 Å². The standard InChI is InChI=1S/C9H23O3PS2/c1-8(2,3)13(14,9(4,5)6)7-15(10,11)12/h13-14H,7H2,1-6H3,(H,10,11,12). The van der Waals surface area contributed by atoms with E-state index in [1.165, 1.54) is 0 Å². The molecule has 1 N–H and O–H groups in total. The van der Waals surface area contributed by atoms with Crippen LogP contribution in [0.5, 0.6) is 0 Å². The Morgan fingerprint density at radius 2 is 1.33 bits per heavy atom. The maximum absolute atomic E-state index is 11.1. The van der Waals surface area contributed by atoms with E-state index in [0.29, 0.717) is 0 Å². The van der Waals surface area contributed by atoms with Gasteiger partial charge in [-0.15, -0.1) is 0 Å². The fraction of sp³-hybridized carbons (Fsp3) is 1.00. The van der Waals surface area contributed by atoms with Crippen molar-refractivity contribution in [3.05, 3.63) is 0 Å². The summed E-state index contributed by atoms with van der Waals surface area (Å²) in [5.74, 6) is 0. The van der Waals surface area contributed by atoms with Crippen molar-refractivity contribution in [1.29, 1.82) is 0 Å². The Balaban J connectivity index is 5.45. The summed E-state index contributed by atoms with van der Waals surface area (Å²) in [4.78, 5) is 0. The Kier molecular flexibility index (Phi) is 4.36. The van der Waals surface area contributed by atoms with E-state index in [1.54, 1.807) is 0 Å². The first-order valence-corrected chi connectivity index (χ1v) is 9.99. The van der Waals surface area contributed by atoms with Crippen molar-refractivity contribution in [2.24, 2.45) is 0 Å². The molecule has 0 aliphatic rings. The van der Waals surface area contributed by atoms with Crippen LogP contribution in [0.3, 0.4) is 0 Å². The first-order valence-electron chi connectivity index (χ1n) is 4.88. The van der Waals surface area contributed by atoms with E-state index in [-0.39, 0.29) is 15.8 Å². The van der Waals surface area contributed by atoms with Gasteiger partial charge in [-0.25, -0.2) is 0 Å². The molecule has 0 saturated heterocycles. The third kappa shape index (κ3) is 3.88. The molecule has 0 radical (unpaired) electrons. The monoisotopic (exact) mass is 274 g/mol. The second-order valence-corrected chi connectivity index (χ2v) is 15.4. The van der Waals surface area contributed by atoms with Crippen molar-refractivity contribution in [3.8, 4) is 0 Å². The van der Waals surface area contributed by atoms with Crippen molar-refractivity contribution in [2.45, 2.75) is 51.9 Å². The van der Waals surface area contributed by atoms with Gasteiger partial charge in [0.2, 0.25) is 0 Å². The van der Waals surface area contributed by atoms with Crippen LogP contribution < -0.4 is 0 Å². The zero-order valence-corrected chi connectivity index (χ0v) is 13.0. The van der Waals surface area contributed by atoms with Crippen LogP contribution in [0.2, 0.25) is 0 Å². The molecule has 0 heterocycles. The van der Waals surface area contributed by atoms with Gasteiger partial charge in [0.05, 0.1) is 0 Å². The molecule has 0 aliphatic carbocycles. The summed E-state index contributed by atoms with van der Waals surface area (Å²) < 4.78 is 31.2. The van der Waals surface area contributed by atoms with Crippen LogP contribution in [-0.4, -0.2) is 28.8 Å². The molecule has 3 nitrogen and oxygen atoms in total. The fourth-order valence-corrected chi connectivity index (χ4v) is 11.1. The van der Waals surface area contributed by atoms with Gasteiger partial charge in [0, 0.05) is 0 Å². The molecule has 0 atom stereocenters. The van der Waals surface area contributed by atoms with Crippen LogP contribution in [-0.2, 0) is 10.1 Å². The van der Waals surface area contributed by atoms with Gasteiger partial charge in [0.1, 0.15) is 0 Å². The van der Waals surface area contributed by atoms with Gasteiger partial charge in [-0.05, 0) is 0 Å². The van der Waals surface area contributed by atoms with Gasteiger partial charge >= 0.3 is 99.2 Å². The molecule has 0 amide bonds.